The molecule has 1 spiro atoms. The molecular weight excluding hydrogens is 506 g/mol. The molecule has 5 rings (SSSR count). The molecule has 0 aromatic heterocycles. The molecule has 3 aliphatic heterocycles. The zero-order valence-electron chi connectivity index (χ0n) is 22.9. The second-order valence-electron chi connectivity index (χ2n) is 11.0. The molecule has 0 aliphatic carbocycles. The minimum absolute atomic E-state index is 0.0171. The number of hydrogen-bond donors (Lipinski definition) is 1. The first-order valence-corrected chi connectivity index (χ1v) is 13.8. The monoisotopic (exact) mass is 543 g/mol. The number of β-amino-alcohol motifs (C(OH)–C–C–N with tert-alkyl or cyclic N) is 1. The van der Waals surface area contributed by atoms with Crippen molar-refractivity contribution in [1.82, 2.24) is 9.80 Å². The predicted octanol–water partition coefficient (Wildman–Crippen LogP) is 3.18. The number of benzene rings is 2. The van der Waals surface area contributed by atoms with Crippen molar-refractivity contribution in [3.05, 3.63) is 91.5 Å². The lowest BCUT2D eigenvalue weighted by Crippen LogP contribution is -2.56. The van der Waals surface area contributed by atoms with Gasteiger partial charge >= 0.3 is 0 Å². The van der Waals surface area contributed by atoms with Gasteiger partial charge in [0.05, 0.1) is 24.0 Å². The number of carbonyl (C=O) groups excluding carboxylic acids is 3. The summed E-state index contributed by atoms with van der Waals surface area (Å²) in [6, 6.07) is 18.0. The molecule has 3 heterocycles. The molecule has 210 valence electrons. The van der Waals surface area contributed by atoms with Crippen molar-refractivity contribution >= 4 is 23.4 Å². The molecule has 5 atom stereocenters. The van der Waals surface area contributed by atoms with E-state index < -0.39 is 29.1 Å². The van der Waals surface area contributed by atoms with Crippen molar-refractivity contribution in [3.63, 3.8) is 0 Å². The van der Waals surface area contributed by atoms with Gasteiger partial charge in [0.15, 0.2) is 0 Å². The summed E-state index contributed by atoms with van der Waals surface area (Å²) in [4.78, 5) is 47.5. The van der Waals surface area contributed by atoms with Gasteiger partial charge in [-0.2, -0.15) is 0 Å². The normalized spacial score (nSPS) is 28.3. The lowest BCUT2D eigenvalue weighted by molar-refractivity contribution is -0.152. The largest absolute Gasteiger partial charge is 0.395 e. The number of fused-ring (bicyclic) bond motifs is 1. The van der Waals surface area contributed by atoms with Crippen LogP contribution in [0.2, 0.25) is 0 Å². The summed E-state index contributed by atoms with van der Waals surface area (Å²) >= 11 is 0. The van der Waals surface area contributed by atoms with Crippen LogP contribution in [-0.4, -0.2) is 76.1 Å². The number of amides is 3. The minimum atomic E-state index is -1.16. The van der Waals surface area contributed by atoms with Crippen LogP contribution in [0.4, 0.5) is 5.69 Å². The van der Waals surface area contributed by atoms with E-state index in [1.807, 2.05) is 67.6 Å². The maximum atomic E-state index is 14.3. The third-order valence-corrected chi connectivity index (χ3v) is 8.64. The van der Waals surface area contributed by atoms with Crippen LogP contribution in [0, 0.1) is 11.8 Å². The molecule has 0 saturated carbocycles. The number of nitrogens with zero attached hydrogens (tertiary/aromatic N) is 3. The first kappa shape index (κ1) is 27.8. The molecule has 40 heavy (non-hydrogen) atoms. The van der Waals surface area contributed by atoms with Gasteiger partial charge in [-0.05, 0) is 37.5 Å². The second-order valence-corrected chi connectivity index (χ2v) is 11.0. The number of ether oxygens (including phenoxy) is 1. The Bertz CT molecular complexity index is 1280. The number of aliphatic hydroxyl groups excluding tert-OH is 1. The molecule has 2 aromatic carbocycles. The topological polar surface area (TPSA) is 90.4 Å². The third kappa shape index (κ3) is 4.45. The summed E-state index contributed by atoms with van der Waals surface area (Å²) in [7, 11) is 0. The van der Waals surface area contributed by atoms with Crippen LogP contribution >= 0.6 is 0 Å². The number of anilines is 1. The van der Waals surface area contributed by atoms with Crippen LogP contribution < -0.4 is 4.90 Å². The standard InChI is InChI=1S/C32H37N3O5/c1-4-18-33(22-23-12-8-6-9-13-23)30(39)27-32-17-16-31(3,40-32)25(26(32)29(38)35(27)20-21-36)28(37)34(19-5-2)24-14-10-7-11-15-24/h4-15,25-27,36H,1-2,16-22H2,3H3/t25-,26-,27?,31+,32?/m0/s1. The zero-order valence-corrected chi connectivity index (χ0v) is 22.9. The Morgan fingerprint density at radius 3 is 2.30 bits per heavy atom. The average molecular weight is 544 g/mol. The van der Waals surface area contributed by atoms with Crippen LogP contribution in [0.3, 0.4) is 0 Å². The van der Waals surface area contributed by atoms with E-state index in [1.165, 1.54) is 4.90 Å². The van der Waals surface area contributed by atoms with Crippen LogP contribution in [0.15, 0.2) is 86.0 Å². The molecule has 8 heteroatoms. The Hall–Kier alpha value is -3.75. The smallest absolute Gasteiger partial charge is 0.248 e. The summed E-state index contributed by atoms with van der Waals surface area (Å²) in [6.45, 7) is 10.1. The number of likely N-dealkylation sites (tertiary alicyclic amines) is 1. The number of para-hydroxylation sites is 1. The number of hydrogen-bond acceptors (Lipinski definition) is 5. The number of rotatable bonds is 11. The fourth-order valence-electron chi connectivity index (χ4n) is 7.02. The van der Waals surface area contributed by atoms with Gasteiger partial charge in [0.25, 0.3) is 0 Å². The van der Waals surface area contributed by atoms with E-state index in [0.29, 0.717) is 25.1 Å². The van der Waals surface area contributed by atoms with E-state index in [1.54, 1.807) is 22.0 Å². The molecule has 1 N–H and O–H groups in total. The van der Waals surface area contributed by atoms with Gasteiger partial charge in [-0.1, -0.05) is 60.7 Å². The van der Waals surface area contributed by atoms with Crippen molar-refractivity contribution in [2.24, 2.45) is 11.8 Å². The lowest BCUT2D eigenvalue weighted by atomic mass is 9.66. The SMILES string of the molecule is C=CCN(Cc1ccccc1)C(=O)C1N(CCO)C(=O)[C@@H]2[C@@H](C(=O)N(CC=C)c3ccccc3)[C@@]3(C)CCC12O3. The molecule has 2 unspecified atom stereocenters. The van der Waals surface area contributed by atoms with Crippen molar-refractivity contribution in [2.45, 2.75) is 43.6 Å². The number of aliphatic hydroxyl groups is 1. The van der Waals surface area contributed by atoms with E-state index in [0.717, 1.165) is 5.56 Å². The van der Waals surface area contributed by atoms with Gasteiger partial charge < -0.3 is 24.5 Å². The molecule has 2 aromatic rings. The highest BCUT2D eigenvalue weighted by atomic mass is 16.5. The average Bonchev–Trinajstić information content (AvgIpc) is 3.53. The summed E-state index contributed by atoms with van der Waals surface area (Å²) in [5.41, 5.74) is -0.411. The van der Waals surface area contributed by atoms with E-state index in [-0.39, 0.29) is 44.0 Å². The Morgan fingerprint density at radius 1 is 1.02 bits per heavy atom. The van der Waals surface area contributed by atoms with Gasteiger partial charge in [-0.3, -0.25) is 14.4 Å². The summed E-state index contributed by atoms with van der Waals surface area (Å²) in [6.07, 6.45) is 4.34. The van der Waals surface area contributed by atoms with Crippen LogP contribution in [-0.2, 0) is 25.7 Å². The summed E-state index contributed by atoms with van der Waals surface area (Å²) in [5, 5.41) is 9.92. The van der Waals surface area contributed by atoms with E-state index in [4.69, 9.17) is 4.74 Å². The molecular formula is C32H37N3O5. The third-order valence-electron chi connectivity index (χ3n) is 8.64. The predicted molar refractivity (Wildman–Crippen MR) is 152 cm³/mol. The van der Waals surface area contributed by atoms with Gasteiger partial charge in [-0.25, -0.2) is 0 Å². The van der Waals surface area contributed by atoms with Gasteiger partial charge in [0.1, 0.15) is 11.6 Å². The first-order chi connectivity index (χ1) is 19.3. The first-order valence-electron chi connectivity index (χ1n) is 13.8. The lowest BCUT2D eigenvalue weighted by Gasteiger charge is -2.37. The van der Waals surface area contributed by atoms with Gasteiger partial charge in [0.2, 0.25) is 17.7 Å². The summed E-state index contributed by atoms with van der Waals surface area (Å²) in [5.74, 6) is -2.43. The fourth-order valence-corrected chi connectivity index (χ4v) is 7.02. The Balaban J connectivity index is 1.54. The highest BCUT2D eigenvalue weighted by Crippen LogP contribution is 2.63. The molecule has 3 fully saturated rings. The summed E-state index contributed by atoms with van der Waals surface area (Å²) < 4.78 is 6.74. The zero-order chi connectivity index (χ0) is 28.5. The maximum Gasteiger partial charge on any atom is 0.248 e. The fraction of sp³-hybridized carbons (Fsp3) is 0.406. The van der Waals surface area contributed by atoms with Gasteiger partial charge in [0, 0.05) is 31.9 Å². The highest BCUT2D eigenvalue weighted by molar-refractivity contribution is 6.03. The van der Waals surface area contributed by atoms with Crippen molar-refractivity contribution < 1.29 is 24.2 Å². The maximum absolute atomic E-state index is 14.3. The Morgan fingerprint density at radius 2 is 1.68 bits per heavy atom. The molecule has 8 nitrogen and oxygen atoms in total. The molecule has 3 amide bonds. The molecule has 3 saturated heterocycles. The van der Waals surface area contributed by atoms with Crippen LogP contribution in [0.25, 0.3) is 0 Å². The molecule has 0 radical (unpaired) electrons. The Kier molecular flexibility index (Phi) is 7.66. The molecule has 2 bridgehead atoms. The quantitative estimate of drug-likeness (QED) is 0.440. The van der Waals surface area contributed by atoms with E-state index in [2.05, 4.69) is 13.2 Å². The van der Waals surface area contributed by atoms with Crippen LogP contribution in [0.5, 0.6) is 0 Å². The van der Waals surface area contributed by atoms with Crippen molar-refractivity contribution in [2.75, 3.05) is 31.1 Å². The second kappa shape index (κ2) is 11.0. The molecule has 3 aliphatic rings. The van der Waals surface area contributed by atoms with Crippen molar-refractivity contribution in [3.8, 4) is 0 Å². The Labute approximate surface area is 235 Å². The van der Waals surface area contributed by atoms with E-state index >= 15 is 0 Å². The van der Waals surface area contributed by atoms with E-state index in [9.17, 15) is 19.5 Å². The van der Waals surface area contributed by atoms with Gasteiger partial charge in [-0.15, -0.1) is 13.2 Å². The van der Waals surface area contributed by atoms with Crippen molar-refractivity contribution in [1.29, 1.82) is 0 Å². The number of carbonyl (C=O) groups is 3. The minimum Gasteiger partial charge on any atom is -0.395 e. The highest BCUT2D eigenvalue weighted by Gasteiger charge is 2.78. The van der Waals surface area contributed by atoms with Crippen LogP contribution in [0.1, 0.15) is 25.3 Å².